The van der Waals surface area contributed by atoms with Crippen LogP contribution < -0.4 is 0 Å². The second kappa shape index (κ2) is 4.56. The minimum absolute atomic E-state index is 0.184. The van der Waals surface area contributed by atoms with E-state index in [0.717, 1.165) is 22.5 Å². The van der Waals surface area contributed by atoms with Gasteiger partial charge < -0.3 is 4.98 Å². The molecule has 1 N–H and O–H groups in total. The first-order valence-electron chi connectivity index (χ1n) is 6.13. The predicted octanol–water partition coefficient (Wildman–Crippen LogP) is 4.23. The molecule has 0 bridgehead atoms. The van der Waals surface area contributed by atoms with Crippen LogP contribution in [0, 0.1) is 18.6 Å². The quantitative estimate of drug-likeness (QED) is 0.695. The molecular weight excluding hydrogens is 260 g/mol. The van der Waals surface area contributed by atoms with Crippen LogP contribution in [0.15, 0.2) is 36.4 Å². The van der Waals surface area contributed by atoms with Crippen molar-refractivity contribution < 1.29 is 13.6 Å². The van der Waals surface area contributed by atoms with E-state index in [1.165, 1.54) is 12.1 Å². The summed E-state index contributed by atoms with van der Waals surface area (Å²) in [6.45, 7) is 1.90. The number of hydrogen-bond acceptors (Lipinski definition) is 1. The minimum atomic E-state index is -0.697. The van der Waals surface area contributed by atoms with Gasteiger partial charge in [-0.2, -0.15) is 0 Å². The highest BCUT2D eigenvalue weighted by molar-refractivity contribution is 6.05. The highest BCUT2D eigenvalue weighted by atomic mass is 19.1. The van der Waals surface area contributed by atoms with Crippen LogP contribution in [0.4, 0.5) is 8.78 Å². The van der Waals surface area contributed by atoms with Gasteiger partial charge in [0.1, 0.15) is 11.6 Å². The largest absolute Gasteiger partial charge is 0.354 e. The zero-order valence-electron chi connectivity index (χ0n) is 10.7. The summed E-state index contributed by atoms with van der Waals surface area (Å²) in [4.78, 5) is 14.4. The van der Waals surface area contributed by atoms with Gasteiger partial charge in [-0.1, -0.05) is 18.2 Å². The molecule has 1 aromatic heterocycles. The number of aryl methyl sites for hydroxylation is 1. The zero-order chi connectivity index (χ0) is 14.3. The fourth-order valence-corrected chi connectivity index (χ4v) is 2.41. The second-order valence-electron chi connectivity index (χ2n) is 4.65. The number of aromatic nitrogens is 1. The molecule has 1 heterocycles. The number of H-pyrrole nitrogens is 1. The maximum atomic E-state index is 13.9. The lowest BCUT2D eigenvalue weighted by molar-refractivity contribution is 0.112. The Kier molecular flexibility index (Phi) is 2.86. The van der Waals surface area contributed by atoms with Gasteiger partial charge in [0.15, 0.2) is 6.29 Å². The number of para-hydroxylation sites is 1. The average Bonchev–Trinajstić information content (AvgIpc) is 2.78. The van der Waals surface area contributed by atoms with E-state index in [1.54, 1.807) is 6.07 Å². The van der Waals surface area contributed by atoms with Gasteiger partial charge in [-0.05, 0) is 24.6 Å². The molecule has 4 heteroatoms. The van der Waals surface area contributed by atoms with E-state index in [0.29, 0.717) is 17.5 Å². The number of rotatable bonds is 2. The Labute approximate surface area is 114 Å². The Morgan fingerprint density at radius 3 is 2.65 bits per heavy atom. The van der Waals surface area contributed by atoms with Crippen LogP contribution in [-0.4, -0.2) is 11.3 Å². The highest BCUT2D eigenvalue weighted by Crippen LogP contribution is 2.32. The SMILES string of the molecule is Cc1cccc2c(C=O)c(-c3ccc(F)cc3F)[nH]c12. The highest BCUT2D eigenvalue weighted by Gasteiger charge is 2.16. The van der Waals surface area contributed by atoms with Gasteiger partial charge in [-0.15, -0.1) is 0 Å². The molecule has 0 saturated heterocycles. The molecule has 0 saturated carbocycles. The number of benzene rings is 2. The van der Waals surface area contributed by atoms with Crippen LogP contribution in [-0.2, 0) is 0 Å². The van der Waals surface area contributed by atoms with Crippen LogP contribution in [0.2, 0.25) is 0 Å². The van der Waals surface area contributed by atoms with E-state index in [2.05, 4.69) is 4.98 Å². The molecule has 0 unspecified atom stereocenters. The van der Waals surface area contributed by atoms with Gasteiger partial charge in [0.25, 0.3) is 0 Å². The summed E-state index contributed by atoms with van der Waals surface area (Å²) in [6, 6.07) is 8.85. The fourth-order valence-electron chi connectivity index (χ4n) is 2.41. The van der Waals surface area contributed by atoms with Crippen LogP contribution in [0.5, 0.6) is 0 Å². The van der Waals surface area contributed by atoms with Crippen molar-refractivity contribution in [1.29, 1.82) is 0 Å². The number of nitrogens with one attached hydrogen (secondary N) is 1. The summed E-state index contributed by atoms with van der Waals surface area (Å²) in [7, 11) is 0. The van der Waals surface area contributed by atoms with Gasteiger partial charge in [0.2, 0.25) is 0 Å². The minimum Gasteiger partial charge on any atom is -0.354 e. The third-order valence-corrected chi connectivity index (χ3v) is 3.40. The van der Waals surface area contributed by atoms with Crippen molar-refractivity contribution in [3.8, 4) is 11.3 Å². The Morgan fingerprint density at radius 1 is 1.15 bits per heavy atom. The van der Waals surface area contributed by atoms with Gasteiger partial charge in [-0.3, -0.25) is 4.79 Å². The first-order valence-corrected chi connectivity index (χ1v) is 6.13. The lowest BCUT2D eigenvalue weighted by Crippen LogP contribution is -1.90. The van der Waals surface area contributed by atoms with Gasteiger partial charge in [0.05, 0.1) is 5.69 Å². The first-order chi connectivity index (χ1) is 9.61. The van der Waals surface area contributed by atoms with Crippen LogP contribution >= 0.6 is 0 Å². The molecular formula is C16H11F2NO. The molecule has 20 heavy (non-hydrogen) atoms. The van der Waals surface area contributed by atoms with E-state index in [-0.39, 0.29) is 5.56 Å². The van der Waals surface area contributed by atoms with Crippen molar-refractivity contribution in [2.24, 2.45) is 0 Å². The first kappa shape index (κ1) is 12.5. The monoisotopic (exact) mass is 271 g/mol. The number of hydrogen-bond donors (Lipinski definition) is 1. The van der Waals surface area contributed by atoms with E-state index in [1.807, 2.05) is 19.1 Å². The van der Waals surface area contributed by atoms with Crippen molar-refractivity contribution >= 4 is 17.2 Å². The molecule has 2 aromatic carbocycles. The summed E-state index contributed by atoms with van der Waals surface area (Å²) in [5.41, 5.74) is 2.69. The van der Waals surface area contributed by atoms with Crippen molar-refractivity contribution in [1.82, 2.24) is 4.98 Å². The molecule has 0 atom stereocenters. The maximum absolute atomic E-state index is 13.9. The van der Waals surface area contributed by atoms with Crippen molar-refractivity contribution in [3.05, 3.63) is 59.2 Å². The molecule has 2 nitrogen and oxygen atoms in total. The summed E-state index contributed by atoms with van der Waals surface area (Å²) in [6.07, 6.45) is 0.691. The molecule has 0 aliphatic carbocycles. The Balaban J connectivity index is 2.36. The van der Waals surface area contributed by atoms with Crippen molar-refractivity contribution in [3.63, 3.8) is 0 Å². The number of aromatic amines is 1. The molecule has 100 valence electrons. The predicted molar refractivity (Wildman–Crippen MR) is 73.8 cm³/mol. The van der Waals surface area contributed by atoms with Crippen LogP contribution in [0.3, 0.4) is 0 Å². The molecule has 0 fully saturated rings. The molecule has 0 aliphatic rings. The van der Waals surface area contributed by atoms with Gasteiger partial charge in [-0.25, -0.2) is 8.78 Å². The number of aldehydes is 1. The van der Waals surface area contributed by atoms with E-state index in [4.69, 9.17) is 0 Å². The summed E-state index contributed by atoms with van der Waals surface area (Å²) in [5, 5.41) is 0.735. The Hall–Kier alpha value is -2.49. The molecule has 0 amide bonds. The summed E-state index contributed by atoms with van der Waals surface area (Å²) < 4.78 is 26.9. The summed E-state index contributed by atoms with van der Waals surface area (Å²) in [5.74, 6) is -1.34. The maximum Gasteiger partial charge on any atom is 0.152 e. The summed E-state index contributed by atoms with van der Waals surface area (Å²) >= 11 is 0. The smallest absolute Gasteiger partial charge is 0.152 e. The number of carbonyl (C=O) groups is 1. The van der Waals surface area contributed by atoms with Crippen molar-refractivity contribution in [2.45, 2.75) is 6.92 Å². The Bertz CT molecular complexity index is 821. The lowest BCUT2D eigenvalue weighted by atomic mass is 10.0. The van der Waals surface area contributed by atoms with E-state index in [9.17, 15) is 13.6 Å². The average molecular weight is 271 g/mol. The molecule has 0 spiro atoms. The zero-order valence-corrected chi connectivity index (χ0v) is 10.7. The van der Waals surface area contributed by atoms with Crippen LogP contribution in [0.1, 0.15) is 15.9 Å². The van der Waals surface area contributed by atoms with Crippen molar-refractivity contribution in [2.75, 3.05) is 0 Å². The van der Waals surface area contributed by atoms with E-state index < -0.39 is 11.6 Å². The number of carbonyl (C=O) groups excluding carboxylic acids is 1. The number of halogens is 2. The van der Waals surface area contributed by atoms with Crippen LogP contribution in [0.25, 0.3) is 22.2 Å². The third-order valence-electron chi connectivity index (χ3n) is 3.40. The lowest BCUT2D eigenvalue weighted by Gasteiger charge is -2.02. The topological polar surface area (TPSA) is 32.9 Å². The third kappa shape index (κ3) is 1.81. The standard InChI is InChI=1S/C16H11F2NO/c1-9-3-2-4-11-13(8-20)16(19-15(9)11)12-6-5-10(17)7-14(12)18/h2-8,19H,1H3. The molecule has 3 aromatic rings. The second-order valence-corrected chi connectivity index (χ2v) is 4.65. The normalized spacial score (nSPS) is 10.9. The molecule has 0 aliphatic heterocycles. The number of fused-ring (bicyclic) bond motifs is 1. The fraction of sp³-hybridized carbons (Fsp3) is 0.0625. The molecule has 0 radical (unpaired) electrons. The van der Waals surface area contributed by atoms with Gasteiger partial charge in [0, 0.05) is 28.1 Å². The van der Waals surface area contributed by atoms with E-state index >= 15 is 0 Å². The Morgan fingerprint density at radius 2 is 1.95 bits per heavy atom. The van der Waals surface area contributed by atoms with Gasteiger partial charge >= 0.3 is 0 Å². The molecule has 3 rings (SSSR count).